The lowest BCUT2D eigenvalue weighted by Crippen LogP contribution is -2.16. The van der Waals surface area contributed by atoms with Gasteiger partial charge >= 0.3 is 0 Å². The average molecular weight is 309 g/mol. The smallest absolute Gasteiger partial charge is 0.133 e. The zero-order chi connectivity index (χ0) is 15.9. The fourth-order valence-corrected chi connectivity index (χ4v) is 3.09. The molecule has 1 N–H and O–H groups in total. The average Bonchev–Trinajstić information content (AvgIpc) is 2.81. The molecule has 23 heavy (non-hydrogen) atoms. The Labute approximate surface area is 137 Å². The minimum Gasteiger partial charge on any atom is -0.315 e. The van der Waals surface area contributed by atoms with Crippen molar-refractivity contribution in [2.75, 3.05) is 6.54 Å². The van der Waals surface area contributed by atoms with Gasteiger partial charge in [0.2, 0.25) is 0 Å². The monoisotopic (exact) mass is 309 g/mol. The lowest BCUT2D eigenvalue weighted by atomic mass is 10.1. The molecule has 0 aliphatic carbocycles. The predicted octanol–water partition coefficient (Wildman–Crippen LogP) is 2.60. The van der Waals surface area contributed by atoms with E-state index >= 15 is 0 Å². The summed E-state index contributed by atoms with van der Waals surface area (Å²) in [5.41, 5.74) is 1.87. The first-order chi connectivity index (χ1) is 11.4. The van der Waals surface area contributed by atoms with Crippen LogP contribution < -0.4 is 5.32 Å². The number of aromatic nitrogens is 3. The SMILES string of the molecule is N#Cc1cccc(CNCCCc2nnc3n2CCCCC3)c1. The van der Waals surface area contributed by atoms with Crippen molar-refractivity contribution in [2.45, 2.75) is 51.6 Å². The number of rotatable bonds is 6. The molecule has 2 aromatic rings. The normalized spacial score (nSPS) is 14.0. The van der Waals surface area contributed by atoms with E-state index in [1.54, 1.807) is 0 Å². The van der Waals surface area contributed by atoms with Crippen LogP contribution in [0, 0.1) is 11.3 Å². The Kier molecular flexibility index (Phi) is 5.38. The molecule has 2 heterocycles. The molecule has 5 nitrogen and oxygen atoms in total. The second-order valence-corrected chi connectivity index (χ2v) is 6.09. The third-order valence-corrected chi connectivity index (χ3v) is 4.33. The van der Waals surface area contributed by atoms with Crippen LogP contribution in [-0.4, -0.2) is 21.3 Å². The van der Waals surface area contributed by atoms with Crippen LogP contribution >= 0.6 is 0 Å². The van der Waals surface area contributed by atoms with Crippen molar-refractivity contribution in [1.29, 1.82) is 5.26 Å². The predicted molar refractivity (Wildman–Crippen MR) is 88.8 cm³/mol. The van der Waals surface area contributed by atoms with Gasteiger partial charge in [-0.05, 0) is 43.5 Å². The Morgan fingerprint density at radius 2 is 2.17 bits per heavy atom. The van der Waals surface area contributed by atoms with Crippen LogP contribution in [0.4, 0.5) is 0 Å². The molecule has 1 aromatic heterocycles. The molecular weight excluding hydrogens is 286 g/mol. The quantitative estimate of drug-likeness (QED) is 0.833. The van der Waals surface area contributed by atoms with Gasteiger partial charge in [-0.3, -0.25) is 0 Å². The number of nitrogens with zero attached hydrogens (tertiary/aromatic N) is 4. The van der Waals surface area contributed by atoms with Crippen molar-refractivity contribution < 1.29 is 0 Å². The van der Waals surface area contributed by atoms with Crippen LogP contribution in [0.25, 0.3) is 0 Å². The van der Waals surface area contributed by atoms with E-state index < -0.39 is 0 Å². The molecule has 1 aliphatic rings. The molecule has 0 bridgehead atoms. The Morgan fingerprint density at radius 1 is 1.22 bits per heavy atom. The van der Waals surface area contributed by atoms with Gasteiger partial charge in [0.1, 0.15) is 11.6 Å². The minimum absolute atomic E-state index is 0.718. The van der Waals surface area contributed by atoms with E-state index in [9.17, 15) is 0 Å². The zero-order valence-electron chi connectivity index (χ0n) is 13.5. The molecule has 0 unspecified atom stereocenters. The molecule has 120 valence electrons. The molecule has 0 spiro atoms. The highest BCUT2D eigenvalue weighted by Gasteiger charge is 2.13. The van der Waals surface area contributed by atoms with Gasteiger partial charge in [0.25, 0.3) is 0 Å². The van der Waals surface area contributed by atoms with Crippen LogP contribution in [0.2, 0.25) is 0 Å². The molecule has 0 saturated carbocycles. The van der Waals surface area contributed by atoms with Gasteiger partial charge in [0.05, 0.1) is 11.6 Å². The minimum atomic E-state index is 0.718. The summed E-state index contributed by atoms with van der Waals surface area (Å²) in [4.78, 5) is 0. The maximum absolute atomic E-state index is 8.91. The molecule has 0 saturated heterocycles. The first kappa shape index (κ1) is 15.7. The second kappa shape index (κ2) is 7.89. The van der Waals surface area contributed by atoms with Crippen LogP contribution in [0.15, 0.2) is 24.3 Å². The Balaban J connectivity index is 1.43. The lowest BCUT2D eigenvalue weighted by Gasteiger charge is -2.08. The van der Waals surface area contributed by atoms with E-state index in [1.807, 2.05) is 24.3 Å². The van der Waals surface area contributed by atoms with Gasteiger partial charge in [-0.25, -0.2) is 0 Å². The Morgan fingerprint density at radius 3 is 3.09 bits per heavy atom. The standard InChI is InChI=1S/C18H23N5/c19-13-15-6-4-7-16(12-15)14-20-10-5-9-18-22-21-17-8-2-1-3-11-23(17)18/h4,6-7,12,20H,1-3,5,8-11,14H2. The fourth-order valence-electron chi connectivity index (χ4n) is 3.09. The van der Waals surface area contributed by atoms with E-state index in [4.69, 9.17) is 5.26 Å². The summed E-state index contributed by atoms with van der Waals surface area (Å²) < 4.78 is 2.32. The molecule has 0 amide bonds. The van der Waals surface area contributed by atoms with E-state index in [0.717, 1.165) is 55.8 Å². The van der Waals surface area contributed by atoms with Crippen LogP contribution in [0.1, 0.15) is 48.5 Å². The highest BCUT2D eigenvalue weighted by molar-refractivity contribution is 5.32. The fraction of sp³-hybridized carbons (Fsp3) is 0.500. The van der Waals surface area contributed by atoms with Gasteiger partial charge in [-0.1, -0.05) is 18.6 Å². The third-order valence-electron chi connectivity index (χ3n) is 4.33. The molecular formula is C18H23N5. The summed E-state index contributed by atoms with van der Waals surface area (Å²) >= 11 is 0. The third kappa shape index (κ3) is 4.17. The number of nitriles is 1. The summed E-state index contributed by atoms with van der Waals surface area (Å²) in [6, 6.07) is 9.92. The summed E-state index contributed by atoms with van der Waals surface area (Å²) in [6.07, 6.45) is 6.87. The molecule has 5 heteroatoms. The van der Waals surface area contributed by atoms with Gasteiger partial charge in [0, 0.05) is 25.9 Å². The maximum atomic E-state index is 8.91. The number of fused-ring (bicyclic) bond motifs is 1. The zero-order valence-corrected chi connectivity index (χ0v) is 13.5. The number of hydrogen-bond donors (Lipinski definition) is 1. The molecule has 3 rings (SSSR count). The van der Waals surface area contributed by atoms with E-state index in [-0.39, 0.29) is 0 Å². The summed E-state index contributed by atoms with van der Waals surface area (Å²) in [6.45, 7) is 2.82. The summed E-state index contributed by atoms with van der Waals surface area (Å²) in [7, 11) is 0. The van der Waals surface area contributed by atoms with Crippen molar-refractivity contribution in [3.63, 3.8) is 0 Å². The highest BCUT2D eigenvalue weighted by Crippen LogP contribution is 2.15. The van der Waals surface area contributed by atoms with Gasteiger partial charge in [-0.15, -0.1) is 10.2 Å². The van der Waals surface area contributed by atoms with Crippen molar-refractivity contribution in [1.82, 2.24) is 20.1 Å². The second-order valence-electron chi connectivity index (χ2n) is 6.09. The number of hydrogen-bond acceptors (Lipinski definition) is 4. The Hall–Kier alpha value is -2.19. The topological polar surface area (TPSA) is 66.5 Å². The van der Waals surface area contributed by atoms with E-state index in [1.165, 1.54) is 25.1 Å². The Bertz CT molecular complexity index is 683. The number of aryl methyl sites for hydroxylation is 2. The van der Waals surface area contributed by atoms with Gasteiger partial charge < -0.3 is 9.88 Å². The molecule has 1 aliphatic heterocycles. The molecule has 0 fully saturated rings. The van der Waals surface area contributed by atoms with Gasteiger partial charge in [-0.2, -0.15) is 5.26 Å². The summed E-state index contributed by atoms with van der Waals surface area (Å²) in [5.74, 6) is 2.30. The van der Waals surface area contributed by atoms with E-state index in [0.29, 0.717) is 0 Å². The number of benzene rings is 1. The largest absolute Gasteiger partial charge is 0.315 e. The van der Waals surface area contributed by atoms with Crippen LogP contribution in [0.3, 0.4) is 0 Å². The first-order valence-electron chi connectivity index (χ1n) is 8.47. The maximum Gasteiger partial charge on any atom is 0.133 e. The molecule has 1 aromatic carbocycles. The van der Waals surface area contributed by atoms with Crippen molar-refractivity contribution in [3.05, 3.63) is 47.0 Å². The van der Waals surface area contributed by atoms with Gasteiger partial charge in [0.15, 0.2) is 0 Å². The van der Waals surface area contributed by atoms with Crippen LogP contribution in [-0.2, 0) is 25.9 Å². The van der Waals surface area contributed by atoms with Crippen LogP contribution in [0.5, 0.6) is 0 Å². The number of nitrogens with one attached hydrogen (secondary N) is 1. The van der Waals surface area contributed by atoms with Crippen molar-refractivity contribution >= 4 is 0 Å². The highest BCUT2D eigenvalue weighted by atomic mass is 15.3. The molecule has 0 atom stereocenters. The lowest BCUT2D eigenvalue weighted by molar-refractivity contribution is 0.581. The molecule has 0 radical (unpaired) electrons. The first-order valence-corrected chi connectivity index (χ1v) is 8.47. The summed E-state index contributed by atoms with van der Waals surface area (Å²) in [5, 5.41) is 21.1. The van der Waals surface area contributed by atoms with E-state index in [2.05, 4.69) is 26.2 Å². The van der Waals surface area contributed by atoms with Crippen molar-refractivity contribution in [3.8, 4) is 6.07 Å². The van der Waals surface area contributed by atoms with Crippen molar-refractivity contribution in [2.24, 2.45) is 0 Å².